The second kappa shape index (κ2) is 4.37. The second-order valence-electron chi connectivity index (χ2n) is 3.70. The monoisotopic (exact) mass is 247 g/mol. The average molecular weight is 247 g/mol. The lowest BCUT2D eigenvalue weighted by Gasteiger charge is -2.16. The highest BCUT2D eigenvalue weighted by Gasteiger charge is 2.28. The van der Waals surface area contributed by atoms with Crippen LogP contribution in [0.2, 0.25) is 0 Å². The number of anilines is 1. The van der Waals surface area contributed by atoms with Gasteiger partial charge >= 0.3 is 5.97 Å². The van der Waals surface area contributed by atoms with Crippen LogP contribution in [0, 0.1) is 5.13 Å². The van der Waals surface area contributed by atoms with E-state index in [1.165, 1.54) is 0 Å². The predicted molar refractivity (Wildman–Crippen MR) is 57.2 cm³/mol. The van der Waals surface area contributed by atoms with E-state index in [2.05, 4.69) is 5.32 Å². The standard InChI is InChI=1S/C10H11F2NO2S/c11-6-3-1-2-5-8(6)9(12)16-10(5)13-4-7(14)15/h6,13H,1-4H2,(H,14,15). The number of alkyl halides is 1. The quantitative estimate of drug-likeness (QED) is 0.863. The van der Waals surface area contributed by atoms with Crippen molar-refractivity contribution >= 4 is 22.3 Å². The van der Waals surface area contributed by atoms with Gasteiger partial charge in [0, 0.05) is 5.56 Å². The Morgan fingerprint density at radius 3 is 3.06 bits per heavy atom. The molecule has 1 aliphatic rings. The summed E-state index contributed by atoms with van der Waals surface area (Å²) in [7, 11) is 0. The van der Waals surface area contributed by atoms with Crippen molar-refractivity contribution in [2.75, 3.05) is 11.9 Å². The Hall–Kier alpha value is -1.17. The summed E-state index contributed by atoms with van der Waals surface area (Å²) >= 11 is 0.795. The zero-order valence-electron chi connectivity index (χ0n) is 8.43. The molecule has 1 heterocycles. The molecular formula is C10H11F2NO2S. The largest absolute Gasteiger partial charge is 0.480 e. The van der Waals surface area contributed by atoms with Crippen LogP contribution in [0.5, 0.6) is 0 Å². The lowest BCUT2D eigenvalue weighted by molar-refractivity contribution is -0.134. The minimum Gasteiger partial charge on any atom is -0.480 e. The van der Waals surface area contributed by atoms with Crippen LogP contribution < -0.4 is 5.32 Å². The molecule has 6 heteroatoms. The summed E-state index contributed by atoms with van der Waals surface area (Å²) < 4.78 is 26.9. The normalized spacial score (nSPS) is 19.2. The summed E-state index contributed by atoms with van der Waals surface area (Å²) in [5.41, 5.74) is 0.742. The van der Waals surface area contributed by atoms with Gasteiger partial charge in [0.25, 0.3) is 0 Å². The Bertz CT molecular complexity index is 419. The van der Waals surface area contributed by atoms with Crippen molar-refractivity contribution in [2.45, 2.75) is 25.4 Å². The maximum atomic E-state index is 13.5. The van der Waals surface area contributed by atoms with E-state index in [1.54, 1.807) is 0 Å². The molecule has 16 heavy (non-hydrogen) atoms. The van der Waals surface area contributed by atoms with E-state index < -0.39 is 17.3 Å². The van der Waals surface area contributed by atoms with Gasteiger partial charge in [-0.2, -0.15) is 4.39 Å². The molecule has 0 fully saturated rings. The van der Waals surface area contributed by atoms with Crippen LogP contribution in [0.15, 0.2) is 0 Å². The van der Waals surface area contributed by atoms with Gasteiger partial charge in [0.15, 0.2) is 5.13 Å². The van der Waals surface area contributed by atoms with E-state index in [1.807, 2.05) is 0 Å². The fourth-order valence-electron chi connectivity index (χ4n) is 1.91. The maximum absolute atomic E-state index is 13.5. The Balaban J connectivity index is 2.26. The third-order valence-electron chi connectivity index (χ3n) is 2.60. The first-order valence-corrected chi connectivity index (χ1v) is 5.82. The molecule has 0 amide bonds. The SMILES string of the molecule is O=C(O)CNc1sc(F)c2c1CCCC2F. The molecule has 2 rings (SSSR count). The molecule has 1 atom stereocenters. The van der Waals surface area contributed by atoms with Gasteiger partial charge in [0.05, 0.1) is 5.00 Å². The van der Waals surface area contributed by atoms with Gasteiger partial charge in [-0.15, -0.1) is 0 Å². The number of hydrogen-bond donors (Lipinski definition) is 2. The Morgan fingerprint density at radius 2 is 2.38 bits per heavy atom. The fraction of sp³-hybridized carbons (Fsp3) is 0.500. The van der Waals surface area contributed by atoms with Crippen LogP contribution in [0.4, 0.5) is 13.8 Å². The van der Waals surface area contributed by atoms with Gasteiger partial charge in [0.2, 0.25) is 0 Å². The minimum absolute atomic E-state index is 0.129. The van der Waals surface area contributed by atoms with Crippen molar-refractivity contribution in [3.8, 4) is 0 Å². The van der Waals surface area contributed by atoms with E-state index in [0.29, 0.717) is 29.8 Å². The number of hydrogen-bond acceptors (Lipinski definition) is 3. The van der Waals surface area contributed by atoms with Gasteiger partial charge in [-0.05, 0) is 24.8 Å². The van der Waals surface area contributed by atoms with Gasteiger partial charge in [-0.1, -0.05) is 11.3 Å². The van der Waals surface area contributed by atoms with Crippen molar-refractivity contribution in [2.24, 2.45) is 0 Å². The first-order chi connectivity index (χ1) is 7.59. The molecule has 1 aromatic heterocycles. The third kappa shape index (κ3) is 2.02. The molecule has 88 valence electrons. The number of fused-ring (bicyclic) bond motifs is 1. The van der Waals surface area contributed by atoms with Crippen molar-refractivity contribution < 1.29 is 18.7 Å². The zero-order valence-corrected chi connectivity index (χ0v) is 9.24. The Kier molecular flexibility index (Phi) is 3.09. The molecule has 1 aromatic rings. The number of carboxylic acids is 1. The smallest absolute Gasteiger partial charge is 0.322 e. The zero-order chi connectivity index (χ0) is 11.7. The highest BCUT2D eigenvalue weighted by Crippen LogP contribution is 2.43. The lowest BCUT2D eigenvalue weighted by atomic mass is 9.93. The number of halogens is 2. The van der Waals surface area contributed by atoms with Crippen LogP contribution >= 0.6 is 11.3 Å². The van der Waals surface area contributed by atoms with Crippen LogP contribution in [-0.4, -0.2) is 17.6 Å². The number of thiophene rings is 1. The molecule has 2 N–H and O–H groups in total. The molecule has 1 aliphatic carbocycles. The highest BCUT2D eigenvalue weighted by atomic mass is 32.1. The minimum atomic E-state index is -1.25. The number of carbonyl (C=O) groups is 1. The number of nitrogens with one attached hydrogen (secondary N) is 1. The van der Waals surface area contributed by atoms with E-state index in [0.717, 1.165) is 11.3 Å². The summed E-state index contributed by atoms with van der Waals surface area (Å²) in [6, 6.07) is 0. The molecule has 0 radical (unpaired) electrons. The maximum Gasteiger partial charge on any atom is 0.322 e. The third-order valence-corrected chi connectivity index (χ3v) is 3.59. The molecule has 0 saturated carbocycles. The predicted octanol–water partition coefficient (Wildman–Crippen LogP) is 2.73. The summed E-state index contributed by atoms with van der Waals surface area (Å²) in [6.45, 7) is -0.274. The lowest BCUT2D eigenvalue weighted by Crippen LogP contribution is -2.13. The average Bonchev–Trinajstić information content (AvgIpc) is 2.54. The van der Waals surface area contributed by atoms with E-state index in [4.69, 9.17) is 5.11 Å². The first-order valence-electron chi connectivity index (χ1n) is 5.00. The Morgan fingerprint density at radius 1 is 1.62 bits per heavy atom. The molecular weight excluding hydrogens is 236 g/mol. The molecule has 0 bridgehead atoms. The van der Waals surface area contributed by atoms with Crippen molar-refractivity contribution in [1.29, 1.82) is 0 Å². The summed E-state index contributed by atoms with van der Waals surface area (Å²) in [5.74, 6) is -1.02. The molecule has 1 unspecified atom stereocenters. The van der Waals surface area contributed by atoms with Crippen LogP contribution in [0.1, 0.15) is 30.1 Å². The molecule has 0 aliphatic heterocycles. The summed E-state index contributed by atoms with van der Waals surface area (Å²) in [5, 5.41) is 11.1. The van der Waals surface area contributed by atoms with Crippen LogP contribution in [0.3, 0.4) is 0 Å². The fourth-order valence-corrected chi connectivity index (χ4v) is 2.93. The summed E-state index contributed by atoms with van der Waals surface area (Å²) in [6.07, 6.45) is 0.379. The van der Waals surface area contributed by atoms with Gasteiger partial charge in [-0.25, -0.2) is 4.39 Å². The molecule has 3 nitrogen and oxygen atoms in total. The first kappa shape index (κ1) is 11.3. The van der Waals surface area contributed by atoms with E-state index in [-0.39, 0.29) is 12.1 Å². The number of aliphatic carboxylic acids is 1. The highest BCUT2D eigenvalue weighted by molar-refractivity contribution is 7.14. The second-order valence-corrected chi connectivity index (χ2v) is 4.67. The Labute approximate surface area is 95.1 Å². The molecule has 0 aromatic carbocycles. The summed E-state index contributed by atoms with van der Waals surface area (Å²) in [4.78, 5) is 10.4. The molecule has 0 saturated heterocycles. The van der Waals surface area contributed by atoms with Crippen LogP contribution in [-0.2, 0) is 11.2 Å². The van der Waals surface area contributed by atoms with E-state index in [9.17, 15) is 13.6 Å². The van der Waals surface area contributed by atoms with Crippen molar-refractivity contribution in [3.05, 3.63) is 16.3 Å². The number of carboxylic acid groups (broad SMARTS) is 1. The van der Waals surface area contributed by atoms with Gasteiger partial charge < -0.3 is 10.4 Å². The number of rotatable bonds is 3. The van der Waals surface area contributed by atoms with Gasteiger partial charge in [0.1, 0.15) is 12.7 Å². The van der Waals surface area contributed by atoms with Gasteiger partial charge in [-0.3, -0.25) is 4.79 Å². The van der Waals surface area contributed by atoms with Crippen molar-refractivity contribution in [1.82, 2.24) is 0 Å². The van der Waals surface area contributed by atoms with Crippen LogP contribution in [0.25, 0.3) is 0 Å². The molecule has 0 spiro atoms. The van der Waals surface area contributed by atoms with E-state index >= 15 is 0 Å². The van der Waals surface area contributed by atoms with Crippen molar-refractivity contribution in [3.63, 3.8) is 0 Å². The topological polar surface area (TPSA) is 49.3 Å².